The van der Waals surface area contributed by atoms with E-state index in [1.165, 1.54) is 6.07 Å². The highest BCUT2D eigenvalue weighted by molar-refractivity contribution is 5.69. The number of nitrogens with zero attached hydrogens (tertiary/aromatic N) is 1. The minimum Gasteiger partial charge on any atom is -0.503 e. The maximum Gasteiger partial charge on any atom is 0.307 e. The molecule has 2 aromatic rings. The lowest BCUT2D eigenvalue weighted by Crippen LogP contribution is -2.14. The zero-order valence-corrected chi connectivity index (χ0v) is 12.5. The average Bonchev–Trinajstić information content (AvgIpc) is 2.53. The van der Waals surface area contributed by atoms with Crippen LogP contribution < -0.4 is 5.43 Å². The first-order chi connectivity index (χ1) is 10.6. The maximum absolute atomic E-state index is 11.7. The van der Waals surface area contributed by atoms with Crippen LogP contribution in [0.4, 0.5) is 0 Å². The Hall–Kier alpha value is -2.56. The van der Waals surface area contributed by atoms with Crippen molar-refractivity contribution in [3.63, 3.8) is 0 Å². The number of carbonyl (C=O) groups is 1. The first-order valence-corrected chi connectivity index (χ1v) is 7.16. The highest BCUT2D eigenvalue weighted by atomic mass is 16.5. The van der Waals surface area contributed by atoms with Crippen molar-refractivity contribution in [1.29, 1.82) is 0 Å². The van der Waals surface area contributed by atoms with E-state index in [1.54, 1.807) is 17.7 Å². The van der Waals surface area contributed by atoms with Gasteiger partial charge in [-0.2, -0.15) is 0 Å². The Balaban J connectivity index is 1.78. The molecule has 0 spiro atoms. The fraction of sp³-hybridized carbons (Fsp3) is 0.294. The van der Waals surface area contributed by atoms with E-state index >= 15 is 0 Å². The van der Waals surface area contributed by atoms with Gasteiger partial charge >= 0.3 is 5.97 Å². The molecule has 0 bridgehead atoms. The average molecular weight is 301 g/mol. The van der Waals surface area contributed by atoms with Gasteiger partial charge in [-0.05, 0) is 12.5 Å². The van der Waals surface area contributed by atoms with Gasteiger partial charge in [-0.25, -0.2) is 0 Å². The summed E-state index contributed by atoms with van der Waals surface area (Å²) in [6, 6.07) is 11.1. The molecule has 0 aliphatic carbocycles. The third-order valence-electron chi connectivity index (χ3n) is 3.47. The fourth-order valence-electron chi connectivity index (χ4n) is 2.12. The van der Waals surface area contributed by atoms with E-state index in [2.05, 4.69) is 0 Å². The van der Waals surface area contributed by atoms with Crippen LogP contribution in [-0.4, -0.2) is 22.2 Å². The molecule has 1 N–H and O–H groups in total. The summed E-state index contributed by atoms with van der Waals surface area (Å²) in [7, 11) is 0. The van der Waals surface area contributed by atoms with Crippen LogP contribution in [0.2, 0.25) is 0 Å². The SMILES string of the molecule is Cc1c(O)c(=O)ccn1CCC(=O)OCCc1ccccc1. The normalized spacial score (nSPS) is 10.4. The van der Waals surface area contributed by atoms with Crippen LogP contribution in [-0.2, 0) is 22.5 Å². The summed E-state index contributed by atoms with van der Waals surface area (Å²) in [5.41, 5.74) is 1.15. The highest BCUT2D eigenvalue weighted by Crippen LogP contribution is 2.10. The lowest BCUT2D eigenvalue weighted by molar-refractivity contribution is -0.143. The van der Waals surface area contributed by atoms with Crippen molar-refractivity contribution in [3.8, 4) is 5.75 Å². The molecule has 1 aromatic heterocycles. The van der Waals surface area contributed by atoms with Crippen molar-refractivity contribution in [2.24, 2.45) is 0 Å². The number of aromatic hydroxyl groups is 1. The van der Waals surface area contributed by atoms with Crippen LogP contribution in [0.5, 0.6) is 5.75 Å². The lowest BCUT2D eigenvalue weighted by Gasteiger charge is -2.11. The second-order valence-electron chi connectivity index (χ2n) is 5.01. The Morgan fingerprint density at radius 1 is 1.23 bits per heavy atom. The van der Waals surface area contributed by atoms with E-state index in [9.17, 15) is 14.7 Å². The number of rotatable bonds is 6. The number of aromatic nitrogens is 1. The smallest absolute Gasteiger partial charge is 0.307 e. The zero-order chi connectivity index (χ0) is 15.9. The summed E-state index contributed by atoms with van der Waals surface area (Å²) in [5.74, 6) is -0.575. The molecule has 2 rings (SSSR count). The van der Waals surface area contributed by atoms with E-state index in [0.717, 1.165) is 5.56 Å². The topological polar surface area (TPSA) is 68.5 Å². The van der Waals surface area contributed by atoms with Gasteiger partial charge in [0.15, 0.2) is 5.75 Å². The molecule has 0 unspecified atom stereocenters. The van der Waals surface area contributed by atoms with Crippen LogP contribution in [0.1, 0.15) is 17.7 Å². The van der Waals surface area contributed by atoms with Gasteiger partial charge in [0, 0.05) is 25.2 Å². The number of carbonyl (C=O) groups excluding carboxylic acids is 1. The Morgan fingerprint density at radius 3 is 2.68 bits per heavy atom. The lowest BCUT2D eigenvalue weighted by atomic mass is 10.2. The third kappa shape index (κ3) is 4.22. The second-order valence-corrected chi connectivity index (χ2v) is 5.01. The first-order valence-electron chi connectivity index (χ1n) is 7.16. The van der Waals surface area contributed by atoms with Gasteiger partial charge < -0.3 is 14.4 Å². The number of hydrogen-bond donors (Lipinski definition) is 1. The summed E-state index contributed by atoms with van der Waals surface area (Å²) >= 11 is 0. The Kier molecular flexibility index (Phi) is 5.36. The molecule has 0 atom stereocenters. The van der Waals surface area contributed by atoms with Crippen molar-refractivity contribution in [2.75, 3.05) is 6.61 Å². The van der Waals surface area contributed by atoms with Crippen LogP contribution in [0.3, 0.4) is 0 Å². The molecular weight excluding hydrogens is 282 g/mol. The predicted molar refractivity (Wildman–Crippen MR) is 82.8 cm³/mol. The fourth-order valence-corrected chi connectivity index (χ4v) is 2.12. The van der Waals surface area contributed by atoms with Crippen molar-refractivity contribution in [2.45, 2.75) is 26.3 Å². The van der Waals surface area contributed by atoms with Gasteiger partial charge in [-0.15, -0.1) is 0 Å². The Bertz CT molecular complexity index is 692. The van der Waals surface area contributed by atoms with Gasteiger partial charge in [0.2, 0.25) is 5.43 Å². The molecule has 0 radical (unpaired) electrons. The Morgan fingerprint density at radius 2 is 1.95 bits per heavy atom. The van der Waals surface area contributed by atoms with Gasteiger partial charge in [0.1, 0.15) is 0 Å². The van der Waals surface area contributed by atoms with E-state index in [0.29, 0.717) is 25.3 Å². The minimum absolute atomic E-state index is 0.192. The van der Waals surface area contributed by atoms with Crippen LogP contribution >= 0.6 is 0 Å². The first kappa shape index (κ1) is 15.8. The molecule has 5 nitrogen and oxygen atoms in total. The second kappa shape index (κ2) is 7.45. The summed E-state index contributed by atoms with van der Waals surface area (Å²) < 4.78 is 6.85. The minimum atomic E-state index is -0.417. The van der Waals surface area contributed by atoms with E-state index < -0.39 is 5.43 Å². The number of ether oxygens (including phenoxy) is 1. The van der Waals surface area contributed by atoms with Crippen molar-refractivity contribution >= 4 is 5.97 Å². The van der Waals surface area contributed by atoms with Crippen LogP contribution in [0.25, 0.3) is 0 Å². The quantitative estimate of drug-likeness (QED) is 0.829. The molecule has 0 aliphatic heterocycles. The summed E-state index contributed by atoms with van der Waals surface area (Å²) in [4.78, 5) is 23.0. The van der Waals surface area contributed by atoms with Crippen LogP contribution in [0.15, 0.2) is 47.4 Å². The van der Waals surface area contributed by atoms with Gasteiger partial charge in [0.05, 0.1) is 18.7 Å². The highest BCUT2D eigenvalue weighted by Gasteiger charge is 2.08. The van der Waals surface area contributed by atoms with E-state index in [1.807, 2.05) is 30.3 Å². The Labute approximate surface area is 128 Å². The molecule has 0 fully saturated rings. The molecule has 0 saturated carbocycles. The molecule has 22 heavy (non-hydrogen) atoms. The molecule has 0 aliphatic rings. The van der Waals surface area contributed by atoms with Crippen molar-refractivity contribution in [3.05, 3.63) is 64.1 Å². The van der Waals surface area contributed by atoms with Crippen molar-refractivity contribution < 1.29 is 14.6 Å². The number of pyridine rings is 1. The molecule has 0 amide bonds. The number of benzene rings is 1. The number of aryl methyl sites for hydroxylation is 1. The molecule has 1 aromatic carbocycles. The molecular formula is C17H19NO4. The monoisotopic (exact) mass is 301 g/mol. The van der Waals surface area contributed by atoms with Gasteiger partial charge in [-0.1, -0.05) is 30.3 Å². The summed E-state index contributed by atoms with van der Waals surface area (Å²) in [6.07, 6.45) is 2.44. The standard InChI is InChI=1S/C17H19NO4/c1-13-17(21)15(19)7-10-18(13)11-8-16(20)22-12-9-14-5-3-2-4-6-14/h2-7,10,21H,8-9,11-12H2,1H3. The van der Waals surface area contributed by atoms with E-state index in [4.69, 9.17) is 4.74 Å². The number of hydrogen-bond acceptors (Lipinski definition) is 4. The van der Waals surface area contributed by atoms with Crippen molar-refractivity contribution in [1.82, 2.24) is 4.57 Å². The largest absolute Gasteiger partial charge is 0.503 e. The molecule has 5 heteroatoms. The predicted octanol–water partition coefficient (Wildman–Crippen LogP) is 2.04. The maximum atomic E-state index is 11.7. The van der Waals surface area contributed by atoms with E-state index in [-0.39, 0.29) is 18.1 Å². The third-order valence-corrected chi connectivity index (χ3v) is 3.47. The molecule has 116 valence electrons. The zero-order valence-electron chi connectivity index (χ0n) is 12.5. The van der Waals surface area contributed by atoms with Crippen LogP contribution in [0, 0.1) is 6.92 Å². The van der Waals surface area contributed by atoms with Gasteiger partial charge in [-0.3, -0.25) is 9.59 Å². The summed E-state index contributed by atoms with van der Waals surface area (Å²) in [6.45, 7) is 2.35. The summed E-state index contributed by atoms with van der Waals surface area (Å²) in [5, 5.41) is 9.57. The molecule has 0 saturated heterocycles. The van der Waals surface area contributed by atoms with Gasteiger partial charge in [0.25, 0.3) is 0 Å². The molecule has 1 heterocycles. The number of esters is 1.